The number of rotatable bonds is 3. The summed E-state index contributed by atoms with van der Waals surface area (Å²) in [6.07, 6.45) is 1.40. The second-order valence-electron chi connectivity index (χ2n) is 4.46. The Morgan fingerprint density at radius 3 is 2.94 bits per heavy atom. The summed E-state index contributed by atoms with van der Waals surface area (Å²) in [6.45, 7) is 4.82. The second-order valence-corrected chi connectivity index (χ2v) is 4.46. The summed E-state index contributed by atoms with van der Waals surface area (Å²) in [5, 5.41) is 0. The molecule has 0 saturated heterocycles. The van der Waals surface area contributed by atoms with Crippen LogP contribution in [0.5, 0.6) is 5.75 Å². The SMILES string of the molecule is CCc1cc2c(cc1C)C(CC(=O)OC)CO2. The Hall–Kier alpha value is -1.51. The van der Waals surface area contributed by atoms with Crippen molar-refractivity contribution < 1.29 is 14.3 Å². The average Bonchev–Trinajstić information content (AvgIpc) is 2.70. The molecule has 0 aliphatic carbocycles. The van der Waals surface area contributed by atoms with Crippen LogP contribution in [-0.2, 0) is 16.0 Å². The largest absolute Gasteiger partial charge is 0.493 e. The van der Waals surface area contributed by atoms with Crippen molar-refractivity contribution >= 4 is 5.97 Å². The smallest absolute Gasteiger partial charge is 0.306 e. The van der Waals surface area contributed by atoms with Gasteiger partial charge in [-0.3, -0.25) is 4.79 Å². The van der Waals surface area contributed by atoms with E-state index in [1.54, 1.807) is 0 Å². The first-order valence-corrected chi connectivity index (χ1v) is 5.98. The zero-order valence-corrected chi connectivity index (χ0v) is 10.6. The number of carbonyl (C=O) groups excluding carboxylic acids is 1. The van der Waals surface area contributed by atoms with Gasteiger partial charge in [0.2, 0.25) is 0 Å². The van der Waals surface area contributed by atoms with Crippen LogP contribution in [0.25, 0.3) is 0 Å². The number of fused-ring (bicyclic) bond motifs is 1. The molecular formula is C14H18O3. The van der Waals surface area contributed by atoms with E-state index in [0.717, 1.165) is 17.7 Å². The van der Waals surface area contributed by atoms with Crippen LogP contribution in [0.4, 0.5) is 0 Å². The summed E-state index contributed by atoms with van der Waals surface area (Å²) in [7, 11) is 1.42. The molecule has 17 heavy (non-hydrogen) atoms. The topological polar surface area (TPSA) is 35.5 Å². The molecule has 0 spiro atoms. The maximum absolute atomic E-state index is 11.3. The minimum atomic E-state index is -0.177. The Morgan fingerprint density at radius 2 is 2.29 bits per heavy atom. The molecule has 1 aliphatic heterocycles. The zero-order chi connectivity index (χ0) is 12.4. The van der Waals surface area contributed by atoms with Crippen LogP contribution < -0.4 is 4.74 Å². The highest BCUT2D eigenvalue weighted by Gasteiger charge is 2.27. The van der Waals surface area contributed by atoms with Gasteiger partial charge in [-0.1, -0.05) is 13.0 Å². The lowest BCUT2D eigenvalue weighted by Crippen LogP contribution is -2.09. The van der Waals surface area contributed by atoms with Gasteiger partial charge in [-0.25, -0.2) is 0 Å². The first-order valence-electron chi connectivity index (χ1n) is 5.98. The van der Waals surface area contributed by atoms with Gasteiger partial charge in [-0.2, -0.15) is 0 Å². The molecule has 1 atom stereocenters. The molecule has 1 aliphatic rings. The number of hydrogen-bond acceptors (Lipinski definition) is 3. The lowest BCUT2D eigenvalue weighted by Gasteiger charge is -2.09. The zero-order valence-electron chi connectivity index (χ0n) is 10.6. The van der Waals surface area contributed by atoms with E-state index in [1.807, 2.05) is 0 Å². The van der Waals surface area contributed by atoms with Crippen molar-refractivity contribution in [3.05, 3.63) is 28.8 Å². The molecule has 1 heterocycles. The molecule has 0 radical (unpaired) electrons. The Bertz CT molecular complexity index is 437. The van der Waals surface area contributed by atoms with Crippen LogP contribution >= 0.6 is 0 Å². The van der Waals surface area contributed by atoms with Gasteiger partial charge < -0.3 is 9.47 Å². The molecule has 0 amide bonds. The summed E-state index contributed by atoms with van der Waals surface area (Å²) in [5.41, 5.74) is 3.72. The summed E-state index contributed by atoms with van der Waals surface area (Å²) >= 11 is 0. The fourth-order valence-electron chi connectivity index (χ4n) is 2.31. The van der Waals surface area contributed by atoms with E-state index in [9.17, 15) is 4.79 Å². The molecule has 0 aromatic heterocycles. The number of aryl methyl sites for hydroxylation is 2. The molecule has 0 saturated carbocycles. The maximum atomic E-state index is 11.3. The lowest BCUT2D eigenvalue weighted by atomic mass is 9.94. The van der Waals surface area contributed by atoms with Crippen molar-refractivity contribution in [2.45, 2.75) is 32.6 Å². The molecule has 0 bridgehead atoms. The van der Waals surface area contributed by atoms with E-state index in [4.69, 9.17) is 9.47 Å². The molecule has 3 nitrogen and oxygen atoms in total. The fraction of sp³-hybridized carbons (Fsp3) is 0.500. The third-order valence-corrected chi connectivity index (χ3v) is 3.37. The van der Waals surface area contributed by atoms with E-state index in [2.05, 4.69) is 26.0 Å². The van der Waals surface area contributed by atoms with Gasteiger partial charge in [0.15, 0.2) is 0 Å². The third-order valence-electron chi connectivity index (χ3n) is 3.37. The lowest BCUT2D eigenvalue weighted by molar-refractivity contribution is -0.141. The average molecular weight is 234 g/mol. The first-order chi connectivity index (χ1) is 8.15. The van der Waals surface area contributed by atoms with Crippen LogP contribution in [0, 0.1) is 6.92 Å². The van der Waals surface area contributed by atoms with Crippen molar-refractivity contribution in [3.63, 3.8) is 0 Å². The van der Waals surface area contributed by atoms with Crippen molar-refractivity contribution in [1.29, 1.82) is 0 Å². The normalized spacial score (nSPS) is 17.5. The molecule has 0 fully saturated rings. The van der Waals surface area contributed by atoms with Crippen LogP contribution in [0.15, 0.2) is 12.1 Å². The summed E-state index contributed by atoms with van der Waals surface area (Å²) in [5.74, 6) is 0.895. The highest BCUT2D eigenvalue weighted by Crippen LogP contribution is 2.38. The number of carbonyl (C=O) groups is 1. The van der Waals surface area contributed by atoms with E-state index >= 15 is 0 Å². The number of esters is 1. The quantitative estimate of drug-likeness (QED) is 0.754. The van der Waals surface area contributed by atoms with Crippen molar-refractivity contribution in [3.8, 4) is 5.75 Å². The van der Waals surface area contributed by atoms with E-state index in [1.165, 1.54) is 18.2 Å². The van der Waals surface area contributed by atoms with Crippen LogP contribution in [0.1, 0.15) is 36.0 Å². The maximum Gasteiger partial charge on any atom is 0.306 e. The first kappa shape index (κ1) is 12.0. The molecular weight excluding hydrogens is 216 g/mol. The minimum Gasteiger partial charge on any atom is -0.493 e. The predicted octanol–water partition coefficient (Wildman–Crippen LogP) is 2.60. The minimum absolute atomic E-state index is 0.141. The highest BCUT2D eigenvalue weighted by atomic mass is 16.5. The Labute approximate surface area is 102 Å². The Morgan fingerprint density at radius 1 is 1.53 bits per heavy atom. The number of hydrogen-bond donors (Lipinski definition) is 0. The van der Waals surface area contributed by atoms with Crippen molar-refractivity contribution in [2.24, 2.45) is 0 Å². The van der Waals surface area contributed by atoms with Crippen LogP contribution in [0.2, 0.25) is 0 Å². The van der Waals surface area contributed by atoms with Gasteiger partial charge in [0, 0.05) is 11.5 Å². The third kappa shape index (κ3) is 2.28. The van der Waals surface area contributed by atoms with E-state index < -0.39 is 0 Å². The number of methoxy groups -OCH3 is 1. The van der Waals surface area contributed by atoms with E-state index in [0.29, 0.717) is 13.0 Å². The van der Waals surface area contributed by atoms with Crippen molar-refractivity contribution in [1.82, 2.24) is 0 Å². The van der Waals surface area contributed by atoms with Gasteiger partial charge >= 0.3 is 5.97 Å². The standard InChI is InChI=1S/C14H18O3/c1-4-10-6-13-12(5-9(10)2)11(8-17-13)7-14(15)16-3/h5-6,11H,4,7-8H2,1-3H3. The highest BCUT2D eigenvalue weighted by molar-refractivity contribution is 5.71. The number of benzene rings is 1. The molecule has 0 N–H and O–H groups in total. The van der Waals surface area contributed by atoms with E-state index in [-0.39, 0.29) is 11.9 Å². The van der Waals surface area contributed by atoms with Gasteiger partial charge in [-0.15, -0.1) is 0 Å². The Kier molecular flexibility index (Phi) is 3.36. The molecule has 1 aromatic carbocycles. The second kappa shape index (κ2) is 4.78. The van der Waals surface area contributed by atoms with Gasteiger partial charge in [0.25, 0.3) is 0 Å². The molecule has 92 valence electrons. The summed E-state index contributed by atoms with van der Waals surface area (Å²) in [6, 6.07) is 4.25. The van der Waals surface area contributed by atoms with Gasteiger partial charge in [0.05, 0.1) is 20.1 Å². The Balaban J connectivity index is 2.26. The predicted molar refractivity (Wildman–Crippen MR) is 65.4 cm³/mol. The fourth-order valence-corrected chi connectivity index (χ4v) is 2.31. The van der Waals surface area contributed by atoms with Gasteiger partial charge in [0.1, 0.15) is 5.75 Å². The molecule has 1 aromatic rings. The summed E-state index contributed by atoms with van der Waals surface area (Å²) < 4.78 is 10.4. The van der Waals surface area contributed by atoms with Gasteiger partial charge in [-0.05, 0) is 30.5 Å². The summed E-state index contributed by atoms with van der Waals surface area (Å²) in [4.78, 5) is 11.3. The van der Waals surface area contributed by atoms with Crippen LogP contribution in [0.3, 0.4) is 0 Å². The molecule has 1 unspecified atom stereocenters. The number of ether oxygens (including phenoxy) is 2. The molecule has 2 rings (SSSR count). The van der Waals surface area contributed by atoms with Crippen molar-refractivity contribution in [2.75, 3.05) is 13.7 Å². The monoisotopic (exact) mass is 234 g/mol. The van der Waals surface area contributed by atoms with Crippen LogP contribution in [-0.4, -0.2) is 19.7 Å². The molecule has 3 heteroatoms.